The number of ketones is 4. The number of halogens is 3. The number of aryl methyl sites for hydroxylation is 2. The van der Waals surface area contributed by atoms with E-state index in [0.29, 0.717) is 44.8 Å². The largest absolute Gasteiger partial charge is 1.00 e. The van der Waals surface area contributed by atoms with Gasteiger partial charge in [-0.2, -0.15) is 9.13 Å². The molecule has 0 unspecified atom stereocenters. The number of hydrogen-bond acceptors (Lipinski definition) is 4. The first kappa shape index (κ1) is 28.0. The monoisotopic (exact) mass is 656 g/mol. The Labute approximate surface area is 260 Å². The fourth-order valence-electron chi connectivity index (χ4n) is 5.89. The fourth-order valence-corrected chi connectivity index (χ4v) is 6.33. The van der Waals surface area contributed by atoms with E-state index in [1.165, 1.54) is 0 Å². The highest BCUT2D eigenvalue weighted by atomic mass is 79.9. The van der Waals surface area contributed by atoms with Gasteiger partial charge in [0.2, 0.25) is 0 Å². The van der Waals surface area contributed by atoms with Crippen molar-refractivity contribution in [1.82, 2.24) is 4.57 Å². The van der Waals surface area contributed by atoms with Gasteiger partial charge in [0.1, 0.15) is 11.4 Å². The first-order valence-corrected chi connectivity index (χ1v) is 13.6. The lowest BCUT2D eigenvalue weighted by Crippen LogP contribution is -3.00. The number of rotatable bonds is 2. The Morgan fingerprint density at radius 2 is 1.02 bits per heavy atom. The Bertz CT molecular complexity index is 1930. The summed E-state index contributed by atoms with van der Waals surface area (Å²) in [6, 6.07) is 20.3. The van der Waals surface area contributed by atoms with Gasteiger partial charge in [0.25, 0.3) is 16.6 Å². The molecule has 0 N–H and O–H groups in total. The molecule has 2 aliphatic carbocycles. The first-order chi connectivity index (χ1) is 19.7. The molecule has 7 rings (SSSR count). The molecular weight excluding hydrogens is 639 g/mol. The van der Waals surface area contributed by atoms with Crippen LogP contribution >= 0.6 is 23.2 Å². The molecule has 9 heteroatoms. The Morgan fingerprint density at radius 1 is 0.571 bits per heavy atom. The highest BCUT2D eigenvalue weighted by molar-refractivity contribution is 6.40. The molecule has 2 aliphatic rings. The summed E-state index contributed by atoms with van der Waals surface area (Å²) in [6.07, 6.45) is 1.59. The van der Waals surface area contributed by atoms with Crippen LogP contribution in [0.2, 0.25) is 10.3 Å². The van der Waals surface area contributed by atoms with Crippen molar-refractivity contribution < 1.29 is 40.7 Å². The number of fused-ring (bicyclic) bond motifs is 4. The van der Waals surface area contributed by atoms with Crippen LogP contribution in [0, 0.1) is 13.8 Å². The Balaban J connectivity index is 0.00000316. The lowest BCUT2D eigenvalue weighted by Gasteiger charge is -2.20. The second kappa shape index (κ2) is 9.98. The zero-order chi connectivity index (χ0) is 28.7. The molecule has 0 saturated heterocycles. The third-order valence-corrected chi connectivity index (χ3v) is 8.66. The number of hydrogen-bond donors (Lipinski definition) is 0. The maximum absolute atomic E-state index is 13.8. The maximum atomic E-state index is 13.8. The van der Waals surface area contributed by atoms with E-state index in [0.717, 1.165) is 0 Å². The molecule has 6 nitrogen and oxygen atoms in total. The third kappa shape index (κ3) is 3.74. The molecule has 0 spiro atoms. The predicted molar refractivity (Wildman–Crippen MR) is 153 cm³/mol. The van der Waals surface area contributed by atoms with Crippen molar-refractivity contribution in [2.45, 2.75) is 13.8 Å². The lowest BCUT2D eigenvalue weighted by molar-refractivity contribution is -0.593. The number of imidazole rings is 1. The molecule has 42 heavy (non-hydrogen) atoms. The number of aromatic nitrogens is 2. The standard InChI is InChI=1S/C33H19Cl2N2O4.BrH/c1-16-11-13-22-24(30(40)20-9-5-3-7-18(20)28(22)38)26(16)36-15-37(33(35)32(36)34)27-17(2)12-14-23-25(27)31(41)21-10-6-4-8-19(21)29(23)39;/h3-15H,1-2H3;1H/q+1;/p-1. The smallest absolute Gasteiger partial charge is 0.260 e. The van der Waals surface area contributed by atoms with Crippen LogP contribution in [0.25, 0.3) is 11.4 Å². The summed E-state index contributed by atoms with van der Waals surface area (Å²) in [5, 5.41) is 0.156. The summed E-state index contributed by atoms with van der Waals surface area (Å²) >= 11 is 13.7. The van der Waals surface area contributed by atoms with E-state index in [-0.39, 0.29) is 72.7 Å². The van der Waals surface area contributed by atoms with E-state index >= 15 is 0 Å². The van der Waals surface area contributed by atoms with E-state index in [4.69, 9.17) is 23.2 Å². The number of carbonyl (C=O) groups is 4. The minimum Gasteiger partial charge on any atom is -1.00 e. The Morgan fingerprint density at radius 3 is 1.57 bits per heavy atom. The maximum Gasteiger partial charge on any atom is 0.260 e. The zero-order valence-electron chi connectivity index (χ0n) is 22.2. The fraction of sp³-hybridized carbons (Fsp3) is 0.0606. The normalized spacial score (nSPS) is 13.2. The van der Waals surface area contributed by atoms with Gasteiger partial charge in [0.15, 0.2) is 23.1 Å². The number of carbonyl (C=O) groups excluding carboxylic acids is 4. The van der Waals surface area contributed by atoms with Crippen LogP contribution in [0.3, 0.4) is 0 Å². The summed E-state index contributed by atoms with van der Waals surface area (Å²) in [6.45, 7) is 3.63. The predicted octanol–water partition coefficient (Wildman–Crippen LogP) is 3.23. The van der Waals surface area contributed by atoms with Crippen LogP contribution in [0.5, 0.6) is 0 Å². The van der Waals surface area contributed by atoms with Crippen molar-refractivity contribution in [1.29, 1.82) is 0 Å². The van der Waals surface area contributed by atoms with Gasteiger partial charge >= 0.3 is 0 Å². The van der Waals surface area contributed by atoms with Gasteiger partial charge in [-0.15, -0.1) is 0 Å². The molecule has 0 saturated carbocycles. The highest BCUT2D eigenvalue weighted by Gasteiger charge is 2.39. The van der Waals surface area contributed by atoms with Gasteiger partial charge in [0, 0.05) is 33.4 Å². The molecule has 0 radical (unpaired) electrons. The molecule has 5 aromatic rings. The number of nitrogens with zero attached hydrogens (tertiary/aromatic N) is 2. The van der Waals surface area contributed by atoms with Crippen LogP contribution in [0.4, 0.5) is 0 Å². The summed E-state index contributed by atoms with van der Waals surface area (Å²) in [4.78, 5) is 54.4. The van der Waals surface area contributed by atoms with E-state index < -0.39 is 0 Å². The van der Waals surface area contributed by atoms with Crippen LogP contribution < -0.4 is 21.5 Å². The minimum absolute atomic E-state index is 0. The van der Waals surface area contributed by atoms with Crippen molar-refractivity contribution in [3.63, 3.8) is 0 Å². The van der Waals surface area contributed by atoms with Crippen LogP contribution in [0.15, 0.2) is 79.1 Å². The molecule has 0 fully saturated rings. The number of benzene rings is 4. The molecule has 0 amide bonds. The van der Waals surface area contributed by atoms with Gasteiger partial charge in [-0.05, 0) is 60.3 Å². The summed E-state index contributed by atoms with van der Waals surface area (Å²) in [7, 11) is 0. The zero-order valence-corrected chi connectivity index (χ0v) is 25.3. The minimum atomic E-state index is -0.299. The molecule has 1 aromatic heterocycles. The van der Waals surface area contributed by atoms with E-state index in [1.807, 2.05) is 13.8 Å². The van der Waals surface area contributed by atoms with Gasteiger partial charge in [-0.25, -0.2) is 0 Å². The van der Waals surface area contributed by atoms with Crippen molar-refractivity contribution in [3.8, 4) is 11.4 Å². The van der Waals surface area contributed by atoms with Crippen molar-refractivity contribution in [2.24, 2.45) is 0 Å². The van der Waals surface area contributed by atoms with Crippen molar-refractivity contribution in [3.05, 3.63) is 145 Å². The quantitative estimate of drug-likeness (QED) is 0.268. The molecule has 0 bridgehead atoms. The highest BCUT2D eigenvalue weighted by Crippen LogP contribution is 2.37. The van der Waals surface area contributed by atoms with E-state index in [2.05, 4.69) is 0 Å². The lowest BCUT2D eigenvalue weighted by atomic mass is 9.82. The first-order valence-electron chi connectivity index (χ1n) is 12.8. The van der Waals surface area contributed by atoms with Crippen LogP contribution in [-0.2, 0) is 0 Å². The second-order valence-electron chi connectivity index (χ2n) is 10.2. The second-order valence-corrected chi connectivity index (χ2v) is 10.9. The van der Waals surface area contributed by atoms with Gasteiger partial charge in [-0.1, -0.05) is 60.7 Å². The summed E-state index contributed by atoms with van der Waals surface area (Å²) < 4.78 is 3.11. The van der Waals surface area contributed by atoms with E-state index in [9.17, 15) is 19.2 Å². The summed E-state index contributed by atoms with van der Waals surface area (Å²) in [5.74, 6) is -1.11. The molecule has 4 aromatic carbocycles. The molecule has 206 valence electrons. The average Bonchev–Trinajstić information content (AvgIpc) is 3.27. The third-order valence-electron chi connectivity index (χ3n) is 7.84. The van der Waals surface area contributed by atoms with Gasteiger partial charge in [-0.3, -0.25) is 19.2 Å². The molecular formula is C33H19BrCl2N2O4. The van der Waals surface area contributed by atoms with Gasteiger partial charge < -0.3 is 17.0 Å². The SMILES string of the molecule is Cc1ccc2c(c1-n1c[n+](-c3c(C)ccc4c3C(=O)c3ccccc3C4=O)c(Cl)c1Cl)C(=O)c1ccccc1C2=O.[Br-]. The Hall–Kier alpha value is -4.17. The topological polar surface area (TPSA) is 77.1 Å². The summed E-state index contributed by atoms with van der Waals surface area (Å²) in [5.41, 5.74) is 4.52. The average molecular weight is 658 g/mol. The molecule has 0 atom stereocenters. The van der Waals surface area contributed by atoms with Crippen LogP contribution in [0.1, 0.15) is 74.8 Å². The van der Waals surface area contributed by atoms with Crippen LogP contribution in [-0.4, -0.2) is 27.7 Å². The Kier molecular flexibility index (Phi) is 6.65. The van der Waals surface area contributed by atoms with Crippen molar-refractivity contribution in [2.75, 3.05) is 0 Å². The van der Waals surface area contributed by atoms with Crippen molar-refractivity contribution >= 4 is 46.3 Å². The molecule has 1 heterocycles. The van der Waals surface area contributed by atoms with Gasteiger partial charge in [0.05, 0.1) is 11.1 Å². The van der Waals surface area contributed by atoms with E-state index in [1.54, 1.807) is 88.3 Å². The molecule has 0 aliphatic heterocycles.